The molecule has 2 rings (SSSR count). The number of methoxy groups -OCH3 is 1. The standard InChI is InChI=1S/C30H51N3O5/c1-21(2)22(18-25(31)26(34)20-33-29(36)30(3,4)23-12-6-7-13-23)19-32-28(35)24-14-8-9-15-27(24)38-17-11-10-16-37-5/h8-9,14-15,21-23,25-26,34H,6-7,10-13,16-20,31H2,1-5H3,(H,32,35)(H,33,36). The lowest BCUT2D eigenvalue weighted by atomic mass is 9.77. The Bertz CT molecular complexity index is 854. The van der Waals surface area contributed by atoms with E-state index in [0.29, 0.717) is 43.4 Å². The number of rotatable bonds is 17. The topological polar surface area (TPSA) is 123 Å². The van der Waals surface area contributed by atoms with E-state index in [2.05, 4.69) is 24.5 Å². The van der Waals surface area contributed by atoms with Gasteiger partial charge >= 0.3 is 0 Å². The fourth-order valence-electron chi connectivity index (χ4n) is 5.14. The van der Waals surface area contributed by atoms with Crippen LogP contribution in [0.5, 0.6) is 5.75 Å². The zero-order chi connectivity index (χ0) is 28.1. The van der Waals surface area contributed by atoms with Crippen molar-refractivity contribution >= 4 is 11.8 Å². The first-order chi connectivity index (χ1) is 18.1. The van der Waals surface area contributed by atoms with Crippen LogP contribution in [0.1, 0.15) is 83.0 Å². The van der Waals surface area contributed by atoms with Crippen LogP contribution in [0, 0.1) is 23.2 Å². The van der Waals surface area contributed by atoms with Crippen molar-refractivity contribution < 1.29 is 24.2 Å². The van der Waals surface area contributed by atoms with Crippen LogP contribution < -0.4 is 21.1 Å². The maximum absolute atomic E-state index is 13.0. The Morgan fingerprint density at radius 3 is 2.39 bits per heavy atom. The number of ether oxygens (including phenoxy) is 2. The van der Waals surface area contributed by atoms with Gasteiger partial charge in [0, 0.05) is 38.3 Å². The molecule has 3 unspecified atom stereocenters. The summed E-state index contributed by atoms with van der Waals surface area (Å²) in [5, 5.41) is 16.7. The second kappa shape index (κ2) is 16.1. The molecule has 0 aromatic heterocycles. The number of amides is 2. The molecule has 8 nitrogen and oxygen atoms in total. The average Bonchev–Trinajstić information content (AvgIpc) is 3.45. The Labute approximate surface area is 229 Å². The average molecular weight is 534 g/mol. The second-order valence-corrected chi connectivity index (χ2v) is 11.6. The Morgan fingerprint density at radius 1 is 1.08 bits per heavy atom. The molecule has 5 N–H and O–H groups in total. The summed E-state index contributed by atoms with van der Waals surface area (Å²) in [4.78, 5) is 25.8. The number of carbonyl (C=O) groups excluding carboxylic acids is 2. The molecule has 38 heavy (non-hydrogen) atoms. The van der Waals surface area contributed by atoms with E-state index in [1.807, 2.05) is 26.0 Å². The van der Waals surface area contributed by atoms with Gasteiger partial charge in [0.25, 0.3) is 5.91 Å². The molecular weight excluding hydrogens is 482 g/mol. The first-order valence-electron chi connectivity index (χ1n) is 14.3. The third-order valence-corrected chi connectivity index (χ3v) is 8.10. The van der Waals surface area contributed by atoms with Gasteiger partial charge in [0.15, 0.2) is 0 Å². The van der Waals surface area contributed by atoms with Crippen molar-refractivity contribution in [1.29, 1.82) is 0 Å². The molecule has 1 aromatic carbocycles. The lowest BCUT2D eigenvalue weighted by molar-refractivity contribution is -0.132. The van der Waals surface area contributed by atoms with Crippen molar-refractivity contribution in [2.45, 2.75) is 84.8 Å². The summed E-state index contributed by atoms with van der Waals surface area (Å²) >= 11 is 0. The smallest absolute Gasteiger partial charge is 0.255 e. The van der Waals surface area contributed by atoms with Crippen molar-refractivity contribution in [1.82, 2.24) is 10.6 Å². The molecule has 1 aliphatic rings. The van der Waals surface area contributed by atoms with E-state index in [4.69, 9.17) is 15.2 Å². The third-order valence-electron chi connectivity index (χ3n) is 8.10. The summed E-state index contributed by atoms with van der Waals surface area (Å²) < 4.78 is 10.9. The molecule has 0 spiro atoms. The predicted molar refractivity (Wildman–Crippen MR) is 151 cm³/mol. The molecule has 1 aromatic rings. The number of nitrogens with one attached hydrogen (secondary N) is 2. The van der Waals surface area contributed by atoms with Crippen LogP contribution in [-0.2, 0) is 9.53 Å². The normalized spacial score (nSPS) is 16.7. The van der Waals surface area contributed by atoms with Crippen molar-refractivity contribution in [3.8, 4) is 5.75 Å². The molecule has 1 fully saturated rings. The predicted octanol–water partition coefficient (Wildman–Crippen LogP) is 3.90. The Hall–Kier alpha value is -2.16. The molecule has 0 aliphatic heterocycles. The highest BCUT2D eigenvalue weighted by atomic mass is 16.5. The van der Waals surface area contributed by atoms with Gasteiger partial charge in [-0.05, 0) is 62.0 Å². The van der Waals surface area contributed by atoms with Gasteiger partial charge in [-0.15, -0.1) is 0 Å². The maximum Gasteiger partial charge on any atom is 0.255 e. The van der Waals surface area contributed by atoms with Crippen molar-refractivity contribution in [2.24, 2.45) is 28.9 Å². The Morgan fingerprint density at radius 2 is 1.74 bits per heavy atom. The number of nitrogens with two attached hydrogens (primary N) is 1. The van der Waals surface area contributed by atoms with E-state index in [1.54, 1.807) is 19.2 Å². The summed E-state index contributed by atoms with van der Waals surface area (Å²) in [6.07, 6.45) is 5.92. The molecule has 1 aliphatic carbocycles. The molecule has 3 atom stereocenters. The van der Waals surface area contributed by atoms with Gasteiger partial charge < -0.3 is 30.9 Å². The van der Waals surface area contributed by atoms with Crippen LogP contribution in [0.4, 0.5) is 0 Å². The Balaban J connectivity index is 1.85. The van der Waals surface area contributed by atoms with Gasteiger partial charge in [0.2, 0.25) is 5.91 Å². The minimum atomic E-state index is -0.859. The zero-order valence-corrected chi connectivity index (χ0v) is 24.1. The van der Waals surface area contributed by atoms with Crippen LogP contribution in [0.3, 0.4) is 0 Å². The Kier molecular flexibility index (Phi) is 13.5. The number of aliphatic hydroxyl groups excluding tert-OH is 1. The van der Waals surface area contributed by atoms with E-state index >= 15 is 0 Å². The van der Waals surface area contributed by atoms with Gasteiger partial charge in [0.05, 0.1) is 18.3 Å². The first-order valence-corrected chi connectivity index (χ1v) is 14.3. The molecule has 0 saturated heterocycles. The lowest BCUT2D eigenvalue weighted by Crippen LogP contribution is -2.49. The number of hydrogen-bond acceptors (Lipinski definition) is 6. The van der Waals surface area contributed by atoms with E-state index in [0.717, 1.165) is 25.7 Å². The summed E-state index contributed by atoms with van der Waals surface area (Å²) in [5.41, 5.74) is 6.41. The van der Waals surface area contributed by atoms with Crippen molar-refractivity contribution in [3.63, 3.8) is 0 Å². The molecule has 0 radical (unpaired) electrons. The highest BCUT2D eigenvalue weighted by molar-refractivity contribution is 5.96. The number of unbranched alkanes of at least 4 members (excludes halogenated alkanes) is 1. The van der Waals surface area contributed by atoms with Crippen LogP contribution in [0.2, 0.25) is 0 Å². The quantitative estimate of drug-likeness (QED) is 0.225. The number of carbonyl (C=O) groups is 2. The SMILES string of the molecule is COCCCCOc1ccccc1C(=O)NCC(CC(N)C(O)CNC(=O)C(C)(C)C1CCCC1)C(C)C. The van der Waals surface area contributed by atoms with Crippen molar-refractivity contribution in [3.05, 3.63) is 29.8 Å². The minimum Gasteiger partial charge on any atom is -0.493 e. The minimum absolute atomic E-state index is 0.0251. The summed E-state index contributed by atoms with van der Waals surface area (Å²) in [6, 6.07) is 6.72. The molecule has 2 amide bonds. The molecule has 1 saturated carbocycles. The highest BCUT2D eigenvalue weighted by Crippen LogP contribution is 2.39. The van der Waals surface area contributed by atoms with Crippen LogP contribution in [0.25, 0.3) is 0 Å². The molecule has 0 heterocycles. The van der Waals surface area contributed by atoms with Crippen LogP contribution >= 0.6 is 0 Å². The molecule has 216 valence electrons. The van der Waals surface area contributed by atoms with Crippen LogP contribution in [0.15, 0.2) is 24.3 Å². The summed E-state index contributed by atoms with van der Waals surface area (Å²) in [7, 11) is 1.68. The van der Waals surface area contributed by atoms with E-state index in [-0.39, 0.29) is 30.2 Å². The lowest BCUT2D eigenvalue weighted by Gasteiger charge is -2.31. The molecular formula is C30H51N3O5. The number of aliphatic hydroxyl groups is 1. The van der Waals surface area contributed by atoms with E-state index < -0.39 is 17.6 Å². The fraction of sp³-hybridized carbons (Fsp3) is 0.733. The number of hydrogen-bond donors (Lipinski definition) is 4. The number of benzene rings is 1. The zero-order valence-electron chi connectivity index (χ0n) is 24.1. The largest absolute Gasteiger partial charge is 0.493 e. The first kappa shape index (κ1) is 32.1. The van der Waals surface area contributed by atoms with Gasteiger partial charge in [-0.25, -0.2) is 0 Å². The monoisotopic (exact) mass is 533 g/mol. The van der Waals surface area contributed by atoms with Gasteiger partial charge in [-0.2, -0.15) is 0 Å². The fourth-order valence-corrected chi connectivity index (χ4v) is 5.14. The van der Waals surface area contributed by atoms with E-state index in [1.165, 1.54) is 12.8 Å². The molecule has 0 bridgehead atoms. The second-order valence-electron chi connectivity index (χ2n) is 11.6. The third kappa shape index (κ3) is 9.86. The number of para-hydroxylation sites is 1. The molecule has 8 heteroatoms. The van der Waals surface area contributed by atoms with Gasteiger partial charge in [-0.1, -0.05) is 52.7 Å². The van der Waals surface area contributed by atoms with Gasteiger partial charge in [0.1, 0.15) is 5.75 Å². The summed E-state index contributed by atoms with van der Waals surface area (Å²) in [5.74, 6) is 1.04. The van der Waals surface area contributed by atoms with Gasteiger partial charge in [-0.3, -0.25) is 9.59 Å². The maximum atomic E-state index is 13.0. The van der Waals surface area contributed by atoms with E-state index in [9.17, 15) is 14.7 Å². The van der Waals surface area contributed by atoms with Crippen molar-refractivity contribution in [2.75, 3.05) is 33.4 Å². The highest BCUT2D eigenvalue weighted by Gasteiger charge is 2.38. The summed E-state index contributed by atoms with van der Waals surface area (Å²) in [6.45, 7) is 9.91. The van der Waals surface area contributed by atoms with Crippen LogP contribution in [-0.4, -0.2) is 62.5 Å².